The van der Waals surface area contributed by atoms with Crippen LogP contribution in [0.15, 0.2) is 18.3 Å². The topological polar surface area (TPSA) is 37.0 Å². The molecule has 2 N–H and O–H groups in total. The smallest absolute Gasteiger partial charge is 0.126 e. The van der Waals surface area contributed by atoms with Gasteiger partial charge in [-0.05, 0) is 31.9 Å². The molecule has 1 aliphatic rings. The third kappa shape index (κ3) is 2.85. The summed E-state index contributed by atoms with van der Waals surface area (Å²) in [6.45, 7) is 3.03. The lowest BCUT2D eigenvalue weighted by Crippen LogP contribution is -2.15. The summed E-state index contributed by atoms with van der Waals surface area (Å²) in [4.78, 5) is 4.39. The summed E-state index contributed by atoms with van der Waals surface area (Å²) in [5, 5.41) is 6.71. The maximum atomic E-state index is 4.39. The van der Waals surface area contributed by atoms with Gasteiger partial charge in [-0.2, -0.15) is 0 Å². The molecule has 0 radical (unpaired) electrons. The predicted octanol–water partition coefficient (Wildman–Crippen LogP) is 2.87. The van der Waals surface area contributed by atoms with Crippen LogP contribution in [-0.2, 0) is 0 Å². The van der Waals surface area contributed by atoms with Crippen molar-refractivity contribution in [1.82, 2.24) is 4.98 Å². The maximum absolute atomic E-state index is 4.39. The Bertz CT molecular complexity index is 288. The van der Waals surface area contributed by atoms with Gasteiger partial charge >= 0.3 is 0 Å². The second-order valence-electron chi connectivity index (χ2n) is 4.09. The van der Waals surface area contributed by atoms with Crippen LogP contribution < -0.4 is 10.6 Å². The molecule has 0 spiro atoms. The Morgan fingerprint density at radius 2 is 2.13 bits per heavy atom. The lowest BCUT2D eigenvalue weighted by Gasteiger charge is -2.12. The van der Waals surface area contributed by atoms with E-state index in [1.165, 1.54) is 25.7 Å². The Balaban J connectivity index is 1.91. The van der Waals surface area contributed by atoms with Crippen molar-refractivity contribution in [3.8, 4) is 0 Å². The van der Waals surface area contributed by atoms with Crippen LogP contribution in [0, 0.1) is 0 Å². The van der Waals surface area contributed by atoms with E-state index in [4.69, 9.17) is 0 Å². The molecule has 3 heteroatoms. The highest BCUT2D eigenvalue weighted by molar-refractivity contribution is 5.47. The Labute approximate surface area is 91.3 Å². The third-order valence-electron chi connectivity index (χ3n) is 2.85. The van der Waals surface area contributed by atoms with Gasteiger partial charge in [0, 0.05) is 12.6 Å². The summed E-state index contributed by atoms with van der Waals surface area (Å²) in [6.07, 6.45) is 7.17. The van der Waals surface area contributed by atoms with E-state index in [-0.39, 0.29) is 0 Å². The van der Waals surface area contributed by atoms with Crippen molar-refractivity contribution >= 4 is 11.5 Å². The zero-order valence-electron chi connectivity index (χ0n) is 9.29. The Morgan fingerprint density at radius 3 is 2.73 bits per heavy atom. The summed E-state index contributed by atoms with van der Waals surface area (Å²) < 4.78 is 0. The van der Waals surface area contributed by atoms with Crippen LogP contribution in [0.3, 0.4) is 0 Å². The van der Waals surface area contributed by atoms with Crippen molar-refractivity contribution in [2.75, 3.05) is 17.2 Å². The molecule has 15 heavy (non-hydrogen) atoms. The molecule has 2 rings (SSSR count). The fourth-order valence-electron chi connectivity index (χ4n) is 2.07. The van der Waals surface area contributed by atoms with Crippen LogP contribution in [0.25, 0.3) is 0 Å². The number of hydrogen-bond acceptors (Lipinski definition) is 3. The van der Waals surface area contributed by atoms with Crippen LogP contribution >= 0.6 is 0 Å². The Hall–Kier alpha value is -1.25. The normalized spacial score (nSPS) is 16.6. The zero-order chi connectivity index (χ0) is 10.5. The van der Waals surface area contributed by atoms with Gasteiger partial charge in [0.2, 0.25) is 0 Å². The first-order valence-corrected chi connectivity index (χ1v) is 5.85. The van der Waals surface area contributed by atoms with Gasteiger partial charge in [-0.1, -0.05) is 12.8 Å². The van der Waals surface area contributed by atoms with Crippen LogP contribution in [0.5, 0.6) is 0 Å². The molecule has 1 aromatic rings. The van der Waals surface area contributed by atoms with E-state index in [1.807, 2.05) is 6.20 Å². The highest BCUT2D eigenvalue weighted by Crippen LogP contribution is 2.21. The molecule has 0 saturated heterocycles. The van der Waals surface area contributed by atoms with Gasteiger partial charge in [0.05, 0.1) is 11.9 Å². The van der Waals surface area contributed by atoms with E-state index in [0.29, 0.717) is 6.04 Å². The van der Waals surface area contributed by atoms with Gasteiger partial charge in [0.15, 0.2) is 0 Å². The molecule has 0 aromatic carbocycles. The number of rotatable bonds is 4. The van der Waals surface area contributed by atoms with Gasteiger partial charge in [0.25, 0.3) is 0 Å². The monoisotopic (exact) mass is 205 g/mol. The highest BCUT2D eigenvalue weighted by atomic mass is 15.0. The van der Waals surface area contributed by atoms with E-state index in [1.54, 1.807) is 0 Å². The van der Waals surface area contributed by atoms with Crippen molar-refractivity contribution in [3.05, 3.63) is 18.3 Å². The van der Waals surface area contributed by atoms with Crippen molar-refractivity contribution < 1.29 is 0 Å². The third-order valence-corrected chi connectivity index (χ3v) is 2.85. The summed E-state index contributed by atoms with van der Waals surface area (Å²) in [7, 11) is 0. The van der Waals surface area contributed by atoms with Crippen LogP contribution in [0.4, 0.5) is 11.5 Å². The molecule has 82 valence electrons. The molecule has 0 bridgehead atoms. The standard InChI is InChI=1S/C12H19N3/c1-2-13-11-7-8-12(14-9-11)15-10-5-3-4-6-10/h7-10,13H,2-6H2,1H3,(H,14,15). The fourth-order valence-corrected chi connectivity index (χ4v) is 2.07. The van der Waals surface area contributed by atoms with Gasteiger partial charge in [0.1, 0.15) is 5.82 Å². The number of hydrogen-bond donors (Lipinski definition) is 2. The minimum atomic E-state index is 0.641. The van der Waals surface area contributed by atoms with Crippen molar-refractivity contribution in [2.45, 2.75) is 38.6 Å². The quantitative estimate of drug-likeness (QED) is 0.793. The molecular formula is C12H19N3. The summed E-state index contributed by atoms with van der Waals surface area (Å²) in [6, 6.07) is 4.77. The van der Waals surface area contributed by atoms with Crippen molar-refractivity contribution in [1.29, 1.82) is 0 Å². The van der Waals surface area contributed by atoms with Gasteiger partial charge in [-0.15, -0.1) is 0 Å². The first kappa shape index (κ1) is 10.3. The minimum Gasteiger partial charge on any atom is -0.384 e. The molecule has 1 saturated carbocycles. The van der Waals surface area contributed by atoms with E-state index in [0.717, 1.165) is 18.1 Å². The first-order valence-electron chi connectivity index (χ1n) is 5.85. The highest BCUT2D eigenvalue weighted by Gasteiger charge is 2.14. The number of pyridine rings is 1. The molecular weight excluding hydrogens is 186 g/mol. The van der Waals surface area contributed by atoms with Gasteiger partial charge < -0.3 is 10.6 Å². The van der Waals surface area contributed by atoms with Gasteiger partial charge in [-0.25, -0.2) is 4.98 Å². The lowest BCUT2D eigenvalue weighted by molar-refractivity contribution is 0.750. The van der Waals surface area contributed by atoms with Crippen LogP contribution in [0.2, 0.25) is 0 Å². The molecule has 3 nitrogen and oxygen atoms in total. The number of aromatic nitrogens is 1. The SMILES string of the molecule is CCNc1ccc(NC2CCCC2)nc1. The molecule has 0 unspecified atom stereocenters. The minimum absolute atomic E-state index is 0.641. The largest absolute Gasteiger partial charge is 0.384 e. The second-order valence-corrected chi connectivity index (χ2v) is 4.09. The summed E-state index contributed by atoms with van der Waals surface area (Å²) >= 11 is 0. The molecule has 1 heterocycles. The van der Waals surface area contributed by atoms with Crippen molar-refractivity contribution in [2.24, 2.45) is 0 Å². The molecule has 0 amide bonds. The zero-order valence-corrected chi connectivity index (χ0v) is 9.29. The number of anilines is 2. The predicted molar refractivity (Wildman–Crippen MR) is 64.3 cm³/mol. The van der Waals surface area contributed by atoms with E-state index in [2.05, 4.69) is 34.7 Å². The molecule has 1 aliphatic carbocycles. The molecule has 1 fully saturated rings. The van der Waals surface area contributed by atoms with Gasteiger partial charge in [-0.3, -0.25) is 0 Å². The van der Waals surface area contributed by atoms with E-state index >= 15 is 0 Å². The van der Waals surface area contributed by atoms with Crippen LogP contribution in [0.1, 0.15) is 32.6 Å². The molecule has 0 aliphatic heterocycles. The van der Waals surface area contributed by atoms with Crippen LogP contribution in [-0.4, -0.2) is 17.6 Å². The Kier molecular flexibility index (Phi) is 3.43. The lowest BCUT2D eigenvalue weighted by atomic mass is 10.2. The number of nitrogens with one attached hydrogen (secondary N) is 2. The number of nitrogens with zero attached hydrogens (tertiary/aromatic N) is 1. The average Bonchev–Trinajstić information content (AvgIpc) is 2.74. The van der Waals surface area contributed by atoms with Crippen molar-refractivity contribution in [3.63, 3.8) is 0 Å². The second kappa shape index (κ2) is 5.01. The first-order chi connectivity index (χ1) is 7.38. The summed E-state index contributed by atoms with van der Waals surface area (Å²) in [5.74, 6) is 1.00. The van der Waals surface area contributed by atoms with E-state index < -0.39 is 0 Å². The van der Waals surface area contributed by atoms with E-state index in [9.17, 15) is 0 Å². The molecule has 0 atom stereocenters. The fraction of sp³-hybridized carbons (Fsp3) is 0.583. The maximum Gasteiger partial charge on any atom is 0.126 e. The molecule has 1 aromatic heterocycles. The summed E-state index contributed by atoms with van der Waals surface area (Å²) in [5.41, 5.74) is 1.09. The average molecular weight is 205 g/mol. The Morgan fingerprint density at radius 1 is 1.33 bits per heavy atom.